The first-order valence-electron chi connectivity index (χ1n) is 8.75. The number of nitrogens with zero attached hydrogens (tertiary/aromatic N) is 5. The number of aliphatic hydroxyl groups is 1. The van der Waals surface area contributed by atoms with Crippen molar-refractivity contribution >= 4 is 34.1 Å². The highest BCUT2D eigenvalue weighted by Gasteiger charge is 2.55. The van der Waals surface area contributed by atoms with E-state index in [1.807, 2.05) is 13.0 Å². The van der Waals surface area contributed by atoms with E-state index in [-0.39, 0.29) is 18.0 Å². The molecule has 1 spiro atoms. The number of aryl methyl sites for hydroxylation is 1. The average molecular weight is 417 g/mol. The molecule has 27 heavy (non-hydrogen) atoms. The molecule has 0 amide bonds. The van der Waals surface area contributed by atoms with Crippen molar-refractivity contribution in [2.24, 2.45) is 10.6 Å². The molecule has 1 aliphatic carbocycles. The molecule has 4 rings (SSSR count). The molecule has 148 valence electrons. The van der Waals surface area contributed by atoms with E-state index < -0.39 is 24.0 Å². The van der Waals surface area contributed by atoms with Crippen molar-refractivity contribution in [1.29, 1.82) is 0 Å². The minimum absolute atomic E-state index is 0.0299. The third-order valence-electron chi connectivity index (χ3n) is 5.59. The molecular weight excluding hydrogens is 395 g/mol. The average Bonchev–Trinajstić information content (AvgIpc) is 2.85. The number of hydrogen-bond acceptors (Lipinski definition) is 5. The summed E-state index contributed by atoms with van der Waals surface area (Å²) in [4.78, 5) is 6.63. The summed E-state index contributed by atoms with van der Waals surface area (Å²) in [5, 5.41) is 19.2. The summed E-state index contributed by atoms with van der Waals surface area (Å²) >= 11 is 4.46. The normalized spacial score (nSPS) is 21.5. The molecule has 3 N–H and O–H groups in total. The molecule has 2 fully saturated rings. The molecule has 1 saturated carbocycles. The predicted molar refractivity (Wildman–Crippen MR) is 101 cm³/mol. The highest BCUT2D eigenvalue weighted by molar-refractivity contribution is 7.80. The van der Waals surface area contributed by atoms with Crippen LogP contribution in [0.25, 0.3) is 5.52 Å². The number of fused-ring (bicyclic) bond motifs is 1. The zero-order chi connectivity index (χ0) is 19.3. The third kappa shape index (κ3) is 3.23. The molecule has 2 aliphatic rings. The second-order valence-electron chi connectivity index (χ2n) is 7.57. The quantitative estimate of drug-likeness (QED) is 0.726. The van der Waals surface area contributed by atoms with Gasteiger partial charge >= 0.3 is 0 Å². The van der Waals surface area contributed by atoms with Crippen LogP contribution in [0.3, 0.4) is 0 Å². The van der Waals surface area contributed by atoms with Gasteiger partial charge in [-0.15, -0.1) is 0 Å². The molecular formula is C16H22ClFN6O2S. The molecule has 8 nitrogen and oxygen atoms in total. The first-order valence-corrected chi connectivity index (χ1v) is 10.3. The minimum Gasteiger partial charge on any atom is -0.393 e. The number of hydrogen-bond donors (Lipinski definition) is 2. The van der Waals surface area contributed by atoms with E-state index in [1.165, 1.54) is 10.6 Å². The van der Waals surface area contributed by atoms with E-state index in [2.05, 4.69) is 15.0 Å². The minimum atomic E-state index is -1.75. The Morgan fingerprint density at radius 1 is 1.56 bits per heavy atom. The zero-order valence-electron chi connectivity index (χ0n) is 14.9. The van der Waals surface area contributed by atoms with Crippen molar-refractivity contribution in [2.45, 2.75) is 32.0 Å². The summed E-state index contributed by atoms with van der Waals surface area (Å²) in [5.74, 6) is 0.854. The molecule has 3 heterocycles. The smallest absolute Gasteiger partial charge is 0.167 e. The number of anilines is 1. The fourth-order valence-electron chi connectivity index (χ4n) is 4.33. The summed E-state index contributed by atoms with van der Waals surface area (Å²) in [5.41, 5.74) is 2.03. The highest BCUT2D eigenvalue weighted by atomic mass is 35.5. The molecule has 1 aliphatic heterocycles. The maximum absolute atomic E-state index is 13.5. The molecule has 2 atom stereocenters. The summed E-state index contributed by atoms with van der Waals surface area (Å²) in [6, 6.07) is 1.84. The van der Waals surface area contributed by atoms with Gasteiger partial charge in [0.1, 0.15) is 23.2 Å². The summed E-state index contributed by atoms with van der Waals surface area (Å²) < 4.78 is 28.4. The number of aromatic nitrogens is 3. The van der Waals surface area contributed by atoms with E-state index in [9.17, 15) is 8.60 Å². The lowest BCUT2D eigenvalue weighted by Gasteiger charge is -2.60. The van der Waals surface area contributed by atoms with Crippen molar-refractivity contribution in [2.75, 3.05) is 31.1 Å². The van der Waals surface area contributed by atoms with Crippen LogP contribution in [0, 0.1) is 12.3 Å². The molecule has 0 radical (unpaired) electrons. The number of rotatable bonds is 6. The van der Waals surface area contributed by atoms with Crippen LogP contribution in [-0.4, -0.2) is 66.7 Å². The van der Waals surface area contributed by atoms with Crippen LogP contribution in [0.5, 0.6) is 0 Å². The van der Waals surface area contributed by atoms with Crippen LogP contribution in [0.1, 0.15) is 18.4 Å². The summed E-state index contributed by atoms with van der Waals surface area (Å²) in [6.07, 6.45) is 1.65. The molecule has 2 aromatic heterocycles. The molecule has 2 aromatic rings. The number of nitrogens with two attached hydrogens (primary N) is 1. The Hall–Kier alpha value is -1.33. The highest BCUT2D eigenvalue weighted by Crippen LogP contribution is 2.51. The molecule has 2 unspecified atom stereocenters. The van der Waals surface area contributed by atoms with Gasteiger partial charge < -0.3 is 10.0 Å². The van der Waals surface area contributed by atoms with Crippen molar-refractivity contribution in [3.05, 3.63) is 23.1 Å². The van der Waals surface area contributed by atoms with Crippen LogP contribution in [0.4, 0.5) is 10.2 Å². The van der Waals surface area contributed by atoms with Crippen molar-refractivity contribution in [3.63, 3.8) is 0 Å². The molecule has 11 heteroatoms. The van der Waals surface area contributed by atoms with Gasteiger partial charge in [0.05, 0.1) is 6.61 Å². The largest absolute Gasteiger partial charge is 0.393 e. The standard InChI is InChI=1S/C16H22ClFN6O2S/c1-10-2-13(17)24-14(10)15(20-9-21-24)22-7-16(8-22)3-12(4-16)23(27(19)26)5-11(18)6-25/h2,9,11-12,25H,3-8,19H2,1H3. The number of aliphatic hydroxyl groups excluding tert-OH is 1. The van der Waals surface area contributed by atoms with Crippen LogP contribution in [-0.2, 0) is 11.2 Å². The van der Waals surface area contributed by atoms with Gasteiger partial charge in [0, 0.05) is 31.1 Å². The van der Waals surface area contributed by atoms with E-state index in [0.29, 0.717) is 5.15 Å². The van der Waals surface area contributed by atoms with Crippen molar-refractivity contribution in [1.82, 2.24) is 18.9 Å². The summed E-state index contributed by atoms with van der Waals surface area (Å²) in [7, 11) is 0. The van der Waals surface area contributed by atoms with Gasteiger partial charge in [-0.1, -0.05) is 11.6 Å². The Balaban J connectivity index is 1.43. The predicted octanol–water partition coefficient (Wildman–Crippen LogP) is 0.830. The fraction of sp³-hybridized carbons (Fsp3) is 0.625. The van der Waals surface area contributed by atoms with Crippen LogP contribution in [0.15, 0.2) is 12.4 Å². The maximum Gasteiger partial charge on any atom is 0.167 e. The first kappa shape index (κ1) is 19.0. The monoisotopic (exact) mass is 416 g/mol. The third-order valence-corrected chi connectivity index (χ3v) is 6.76. The van der Waals surface area contributed by atoms with Gasteiger partial charge in [0.25, 0.3) is 0 Å². The zero-order valence-corrected chi connectivity index (χ0v) is 16.5. The van der Waals surface area contributed by atoms with E-state index in [1.54, 1.807) is 4.52 Å². The lowest BCUT2D eigenvalue weighted by molar-refractivity contribution is 0.00578. The van der Waals surface area contributed by atoms with Gasteiger partial charge in [-0.2, -0.15) is 5.10 Å². The Morgan fingerprint density at radius 2 is 2.26 bits per heavy atom. The lowest BCUT2D eigenvalue weighted by Crippen LogP contribution is -2.67. The van der Waals surface area contributed by atoms with Crippen molar-refractivity contribution < 1.29 is 13.7 Å². The second-order valence-corrected chi connectivity index (χ2v) is 8.98. The van der Waals surface area contributed by atoms with Gasteiger partial charge in [-0.05, 0) is 31.4 Å². The van der Waals surface area contributed by atoms with Gasteiger partial charge in [0.2, 0.25) is 0 Å². The first-order chi connectivity index (χ1) is 12.8. The lowest BCUT2D eigenvalue weighted by atomic mass is 9.60. The Morgan fingerprint density at radius 3 is 2.89 bits per heavy atom. The van der Waals surface area contributed by atoms with Crippen LogP contribution >= 0.6 is 11.6 Å². The topological polar surface area (TPSA) is 100.0 Å². The SMILES string of the molecule is Cc1cc(Cl)n2ncnc(N3CC4(CC(N(CC(F)CO)S(N)=O)C4)C3)c12. The molecule has 0 bridgehead atoms. The van der Waals surface area contributed by atoms with Crippen LogP contribution in [0.2, 0.25) is 5.15 Å². The molecule has 1 saturated heterocycles. The van der Waals surface area contributed by atoms with E-state index in [0.717, 1.165) is 42.8 Å². The second kappa shape index (κ2) is 6.93. The molecule has 0 aromatic carbocycles. The number of halogens is 2. The Kier molecular flexibility index (Phi) is 4.88. The summed E-state index contributed by atoms with van der Waals surface area (Å²) in [6.45, 7) is 2.91. The van der Waals surface area contributed by atoms with Gasteiger partial charge in [-0.25, -0.2) is 27.5 Å². The Labute approximate surface area is 163 Å². The van der Waals surface area contributed by atoms with Gasteiger partial charge in [-0.3, -0.25) is 0 Å². The van der Waals surface area contributed by atoms with Gasteiger partial charge in [0.15, 0.2) is 17.0 Å². The number of alkyl halides is 1. The maximum atomic E-state index is 13.5. The Bertz CT molecular complexity index is 881. The van der Waals surface area contributed by atoms with Crippen LogP contribution < -0.4 is 10.0 Å². The van der Waals surface area contributed by atoms with E-state index >= 15 is 0 Å². The van der Waals surface area contributed by atoms with Crippen molar-refractivity contribution in [3.8, 4) is 0 Å². The fourth-order valence-corrected chi connectivity index (χ4v) is 5.37. The van der Waals surface area contributed by atoms with E-state index in [4.69, 9.17) is 21.8 Å².